The van der Waals surface area contributed by atoms with E-state index in [0.717, 1.165) is 24.8 Å². The fourth-order valence-electron chi connectivity index (χ4n) is 3.25. The molecule has 1 unspecified atom stereocenters. The molecule has 0 bridgehead atoms. The van der Waals surface area contributed by atoms with E-state index < -0.39 is 5.91 Å². The Balaban J connectivity index is 1.81. The van der Waals surface area contributed by atoms with Crippen molar-refractivity contribution in [3.63, 3.8) is 0 Å². The van der Waals surface area contributed by atoms with Gasteiger partial charge in [-0.05, 0) is 55.2 Å². The molecule has 1 heterocycles. The summed E-state index contributed by atoms with van der Waals surface area (Å²) in [7, 11) is 0. The third-order valence-corrected chi connectivity index (χ3v) is 4.48. The molecule has 136 valence electrons. The molecule has 1 fully saturated rings. The molecule has 1 aliphatic heterocycles. The third kappa shape index (κ3) is 4.20. The Hall–Kier alpha value is -2.89. The maximum Gasteiger partial charge on any atom is 0.255 e. The minimum atomic E-state index is -0.575. The lowest BCUT2D eigenvalue weighted by atomic mass is 9.94. The summed E-state index contributed by atoms with van der Waals surface area (Å²) in [5, 5.41) is 0. The van der Waals surface area contributed by atoms with Gasteiger partial charge in [-0.25, -0.2) is 4.39 Å². The van der Waals surface area contributed by atoms with Crippen molar-refractivity contribution in [2.45, 2.75) is 25.3 Å². The summed E-state index contributed by atoms with van der Waals surface area (Å²) in [4.78, 5) is 25.7. The van der Waals surface area contributed by atoms with Crippen molar-refractivity contribution in [2.75, 3.05) is 13.2 Å². The topological polar surface area (TPSA) is 72.6 Å². The van der Waals surface area contributed by atoms with E-state index in [1.807, 2.05) is 4.90 Å². The number of primary amides is 1. The molecule has 1 aliphatic rings. The molecule has 5 nitrogen and oxygen atoms in total. The second kappa shape index (κ2) is 7.99. The number of amides is 2. The zero-order valence-corrected chi connectivity index (χ0v) is 14.4. The fraction of sp³-hybridized carbons (Fsp3) is 0.300. The zero-order chi connectivity index (χ0) is 18.5. The van der Waals surface area contributed by atoms with Gasteiger partial charge in [0.05, 0.1) is 6.04 Å². The highest BCUT2D eigenvalue weighted by molar-refractivity contribution is 5.95. The summed E-state index contributed by atoms with van der Waals surface area (Å²) in [5.41, 5.74) is 6.50. The van der Waals surface area contributed by atoms with Crippen molar-refractivity contribution < 1.29 is 18.7 Å². The molecule has 26 heavy (non-hydrogen) atoms. The first-order valence-corrected chi connectivity index (χ1v) is 8.62. The highest BCUT2D eigenvalue weighted by Gasteiger charge is 2.28. The summed E-state index contributed by atoms with van der Waals surface area (Å²) in [5.74, 6) is -0.551. The first-order valence-electron chi connectivity index (χ1n) is 8.62. The van der Waals surface area contributed by atoms with Crippen LogP contribution in [0, 0.1) is 5.82 Å². The monoisotopic (exact) mass is 356 g/mol. The maximum atomic E-state index is 13.2. The lowest BCUT2D eigenvalue weighted by Gasteiger charge is -2.36. The van der Waals surface area contributed by atoms with Crippen LogP contribution < -0.4 is 10.5 Å². The van der Waals surface area contributed by atoms with E-state index in [4.69, 9.17) is 10.5 Å². The van der Waals surface area contributed by atoms with Crippen LogP contribution >= 0.6 is 0 Å². The SMILES string of the molecule is NC(=O)COc1cccc(C(=O)N2CCCCC2c2ccc(F)cc2)c1. The summed E-state index contributed by atoms with van der Waals surface area (Å²) < 4.78 is 18.5. The molecule has 2 aromatic carbocycles. The van der Waals surface area contributed by atoms with Crippen molar-refractivity contribution >= 4 is 11.8 Å². The highest BCUT2D eigenvalue weighted by Crippen LogP contribution is 2.32. The number of carbonyl (C=O) groups is 2. The standard InChI is InChI=1S/C20H21FN2O3/c21-16-9-7-14(8-10-16)18-6-1-2-11-23(18)20(25)15-4-3-5-17(12-15)26-13-19(22)24/h3-5,7-10,12,18H,1-2,6,11,13H2,(H2,22,24). The first-order chi connectivity index (χ1) is 12.5. The van der Waals surface area contributed by atoms with Crippen molar-refractivity contribution in [1.82, 2.24) is 4.90 Å². The molecule has 2 aromatic rings. The number of rotatable bonds is 5. The van der Waals surface area contributed by atoms with E-state index in [0.29, 0.717) is 17.9 Å². The Bertz CT molecular complexity index is 792. The van der Waals surface area contributed by atoms with E-state index in [9.17, 15) is 14.0 Å². The Morgan fingerprint density at radius 1 is 1.15 bits per heavy atom. The number of piperidine rings is 1. The smallest absolute Gasteiger partial charge is 0.255 e. The highest BCUT2D eigenvalue weighted by atomic mass is 19.1. The van der Waals surface area contributed by atoms with Crippen molar-refractivity contribution in [3.05, 3.63) is 65.5 Å². The molecule has 0 radical (unpaired) electrons. The molecule has 2 amide bonds. The van der Waals surface area contributed by atoms with Gasteiger partial charge in [0, 0.05) is 12.1 Å². The van der Waals surface area contributed by atoms with Gasteiger partial charge in [0.15, 0.2) is 6.61 Å². The van der Waals surface area contributed by atoms with Crippen LogP contribution in [-0.2, 0) is 4.79 Å². The van der Waals surface area contributed by atoms with Gasteiger partial charge in [0.2, 0.25) is 0 Å². The molecule has 0 aromatic heterocycles. The van der Waals surface area contributed by atoms with Gasteiger partial charge in [-0.2, -0.15) is 0 Å². The van der Waals surface area contributed by atoms with E-state index in [1.54, 1.807) is 36.4 Å². The number of benzene rings is 2. The normalized spacial score (nSPS) is 17.0. The zero-order valence-electron chi connectivity index (χ0n) is 14.4. The number of hydrogen-bond acceptors (Lipinski definition) is 3. The van der Waals surface area contributed by atoms with Gasteiger partial charge in [-0.15, -0.1) is 0 Å². The van der Waals surface area contributed by atoms with Crippen LogP contribution in [0.4, 0.5) is 4.39 Å². The third-order valence-electron chi connectivity index (χ3n) is 4.48. The largest absolute Gasteiger partial charge is 0.484 e. The molecule has 0 aliphatic carbocycles. The Labute approximate surface area is 151 Å². The average molecular weight is 356 g/mol. The van der Waals surface area contributed by atoms with E-state index >= 15 is 0 Å². The molecule has 1 saturated heterocycles. The fourth-order valence-corrected chi connectivity index (χ4v) is 3.25. The molecule has 1 atom stereocenters. The quantitative estimate of drug-likeness (QED) is 0.895. The van der Waals surface area contributed by atoms with Crippen LogP contribution in [0.15, 0.2) is 48.5 Å². The molecule has 6 heteroatoms. The van der Waals surface area contributed by atoms with E-state index in [2.05, 4.69) is 0 Å². The van der Waals surface area contributed by atoms with Crippen LogP contribution in [-0.4, -0.2) is 29.9 Å². The lowest BCUT2D eigenvalue weighted by Crippen LogP contribution is -2.38. The second-order valence-electron chi connectivity index (χ2n) is 6.34. The maximum absolute atomic E-state index is 13.2. The summed E-state index contributed by atoms with van der Waals surface area (Å²) in [6, 6.07) is 12.9. The van der Waals surface area contributed by atoms with Gasteiger partial charge in [-0.1, -0.05) is 18.2 Å². The minimum absolute atomic E-state index is 0.0768. The number of carbonyl (C=O) groups excluding carboxylic acids is 2. The van der Waals surface area contributed by atoms with Gasteiger partial charge < -0.3 is 15.4 Å². The Kier molecular flexibility index (Phi) is 5.51. The van der Waals surface area contributed by atoms with Crippen LogP contribution in [0.25, 0.3) is 0 Å². The summed E-state index contributed by atoms with van der Waals surface area (Å²) in [6.45, 7) is 0.410. The van der Waals surface area contributed by atoms with Gasteiger partial charge in [-0.3, -0.25) is 9.59 Å². The lowest BCUT2D eigenvalue weighted by molar-refractivity contribution is -0.119. The van der Waals surface area contributed by atoms with Crippen LogP contribution in [0.2, 0.25) is 0 Å². The number of hydrogen-bond donors (Lipinski definition) is 1. The van der Waals surface area contributed by atoms with Crippen LogP contribution in [0.1, 0.15) is 41.2 Å². The minimum Gasteiger partial charge on any atom is -0.484 e. The molecular weight excluding hydrogens is 335 g/mol. The Morgan fingerprint density at radius 3 is 2.65 bits per heavy atom. The number of likely N-dealkylation sites (tertiary alicyclic amines) is 1. The molecule has 2 N–H and O–H groups in total. The number of ether oxygens (including phenoxy) is 1. The van der Waals surface area contributed by atoms with Gasteiger partial charge >= 0.3 is 0 Å². The molecule has 0 saturated carbocycles. The summed E-state index contributed by atoms with van der Waals surface area (Å²) >= 11 is 0. The van der Waals surface area contributed by atoms with Gasteiger partial charge in [0.1, 0.15) is 11.6 Å². The van der Waals surface area contributed by atoms with Crippen molar-refractivity contribution in [1.29, 1.82) is 0 Å². The predicted molar refractivity (Wildman–Crippen MR) is 95.2 cm³/mol. The number of halogens is 1. The average Bonchev–Trinajstić information content (AvgIpc) is 2.67. The van der Waals surface area contributed by atoms with E-state index in [-0.39, 0.29) is 24.4 Å². The molecular formula is C20H21FN2O3. The number of nitrogens with zero attached hydrogens (tertiary/aromatic N) is 1. The molecule has 0 spiro atoms. The van der Waals surface area contributed by atoms with Crippen molar-refractivity contribution in [3.8, 4) is 5.75 Å². The second-order valence-corrected chi connectivity index (χ2v) is 6.34. The van der Waals surface area contributed by atoms with Crippen molar-refractivity contribution in [2.24, 2.45) is 5.73 Å². The summed E-state index contributed by atoms with van der Waals surface area (Å²) in [6.07, 6.45) is 2.80. The van der Waals surface area contributed by atoms with Gasteiger partial charge in [0.25, 0.3) is 11.8 Å². The van der Waals surface area contributed by atoms with Crippen LogP contribution in [0.3, 0.4) is 0 Å². The predicted octanol–water partition coefficient (Wildman–Crippen LogP) is 3.06. The number of nitrogens with two attached hydrogens (primary N) is 1. The van der Waals surface area contributed by atoms with Crippen LogP contribution in [0.5, 0.6) is 5.75 Å². The molecule has 3 rings (SSSR count). The van der Waals surface area contributed by atoms with E-state index in [1.165, 1.54) is 12.1 Å². The Morgan fingerprint density at radius 2 is 1.92 bits per heavy atom. The first kappa shape index (κ1) is 17.9.